The first-order valence-corrected chi connectivity index (χ1v) is 10.3. The Balaban J connectivity index is 1.76. The van der Waals surface area contributed by atoms with E-state index in [4.69, 9.17) is 0 Å². The van der Waals surface area contributed by atoms with E-state index in [0.29, 0.717) is 5.13 Å². The molecule has 0 aliphatic rings. The molecule has 4 nitrogen and oxygen atoms in total. The van der Waals surface area contributed by atoms with E-state index in [2.05, 4.69) is 9.97 Å². The number of amides is 1. The van der Waals surface area contributed by atoms with Crippen molar-refractivity contribution in [2.75, 3.05) is 4.90 Å². The first kappa shape index (κ1) is 21.0. The molecule has 0 aliphatic heterocycles. The molecule has 1 amide bonds. The lowest BCUT2D eigenvalue weighted by molar-refractivity contribution is -0.137. The van der Waals surface area contributed by atoms with Crippen LogP contribution < -0.4 is 4.90 Å². The van der Waals surface area contributed by atoms with E-state index >= 15 is 0 Å². The van der Waals surface area contributed by atoms with Crippen molar-refractivity contribution in [3.63, 3.8) is 0 Å². The van der Waals surface area contributed by atoms with Gasteiger partial charge in [0.05, 0.1) is 22.3 Å². The van der Waals surface area contributed by atoms with Crippen molar-refractivity contribution in [1.82, 2.24) is 9.97 Å². The summed E-state index contributed by atoms with van der Waals surface area (Å²) in [6.45, 7) is 4.16. The number of halogens is 3. The fourth-order valence-corrected chi connectivity index (χ4v) is 4.35. The summed E-state index contributed by atoms with van der Waals surface area (Å²) in [5.41, 5.74) is 3.05. The summed E-state index contributed by atoms with van der Waals surface area (Å²) >= 11 is 1.38. The van der Waals surface area contributed by atoms with Crippen molar-refractivity contribution in [1.29, 1.82) is 0 Å². The van der Waals surface area contributed by atoms with Gasteiger partial charge in [0, 0.05) is 18.0 Å². The summed E-state index contributed by atoms with van der Waals surface area (Å²) in [4.78, 5) is 23.6. The number of nitrogens with zero attached hydrogens (tertiary/aromatic N) is 3. The topological polar surface area (TPSA) is 46.1 Å². The molecule has 0 bridgehead atoms. The number of pyridine rings is 1. The Morgan fingerprint density at radius 2 is 1.84 bits per heavy atom. The van der Waals surface area contributed by atoms with Crippen molar-refractivity contribution < 1.29 is 18.0 Å². The van der Waals surface area contributed by atoms with Crippen molar-refractivity contribution in [2.24, 2.45) is 0 Å². The van der Waals surface area contributed by atoms with E-state index in [1.165, 1.54) is 28.4 Å². The lowest BCUT2D eigenvalue weighted by Gasteiger charge is -2.20. The predicted octanol–water partition coefficient (Wildman–Crippen LogP) is 6.17. The molecule has 0 unspecified atom stereocenters. The highest BCUT2D eigenvalue weighted by Crippen LogP contribution is 2.34. The monoisotopic (exact) mass is 441 g/mol. The van der Waals surface area contributed by atoms with Gasteiger partial charge in [0.25, 0.3) is 5.91 Å². The fraction of sp³-hybridized carbons (Fsp3) is 0.174. The molecular weight excluding hydrogens is 423 g/mol. The summed E-state index contributed by atoms with van der Waals surface area (Å²) in [6, 6.07) is 11.8. The first-order valence-electron chi connectivity index (χ1n) is 9.48. The highest BCUT2D eigenvalue weighted by molar-refractivity contribution is 7.22. The fourth-order valence-electron chi connectivity index (χ4n) is 3.34. The van der Waals surface area contributed by atoms with Crippen LogP contribution in [0.25, 0.3) is 10.2 Å². The minimum absolute atomic E-state index is 0.157. The second-order valence-corrected chi connectivity index (χ2v) is 8.23. The van der Waals surface area contributed by atoms with Crippen LogP contribution in [0.15, 0.2) is 60.9 Å². The number of thiazole rings is 1. The van der Waals surface area contributed by atoms with Crippen LogP contribution in [0, 0.1) is 13.8 Å². The third-order valence-corrected chi connectivity index (χ3v) is 6.04. The molecule has 4 rings (SSSR count). The number of carbonyl (C=O) groups is 1. The van der Waals surface area contributed by atoms with Gasteiger partial charge in [-0.1, -0.05) is 23.5 Å². The highest BCUT2D eigenvalue weighted by Gasteiger charge is 2.31. The zero-order valence-corrected chi connectivity index (χ0v) is 17.6. The summed E-state index contributed by atoms with van der Waals surface area (Å²) < 4.78 is 39.7. The Morgan fingerprint density at radius 1 is 1.10 bits per heavy atom. The second-order valence-electron chi connectivity index (χ2n) is 7.25. The smallest absolute Gasteiger partial charge is 0.279 e. The summed E-state index contributed by atoms with van der Waals surface area (Å²) in [5, 5.41) is 0.484. The van der Waals surface area contributed by atoms with Gasteiger partial charge in [0.15, 0.2) is 5.13 Å². The van der Waals surface area contributed by atoms with Gasteiger partial charge in [0.1, 0.15) is 0 Å². The zero-order valence-electron chi connectivity index (χ0n) is 16.8. The predicted molar refractivity (Wildman–Crippen MR) is 115 cm³/mol. The summed E-state index contributed by atoms with van der Waals surface area (Å²) in [5.74, 6) is -0.425. The first-order chi connectivity index (χ1) is 14.7. The maximum absolute atomic E-state index is 13.3. The molecule has 8 heteroatoms. The van der Waals surface area contributed by atoms with Crippen molar-refractivity contribution in [3.8, 4) is 0 Å². The Hall–Kier alpha value is -3.26. The van der Waals surface area contributed by atoms with E-state index in [9.17, 15) is 18.0 Å². The zero-order chi connectivity index (χ0) is 22.2. The number of benzene rings is 2. The number of aromatic nitrogens is 2. The van der Waals surface area contributed by atoms with Crippen molar-refractivity contribution in [2.45, 2.75) is 26.6 Å². The molecule has 0 fully saturated rings. The molecule has 2 aromatic heterocycles. The Labute approximate surface area is 181 Å². The maximum Gasteiger partial charge on any atom is 0.416 e. The normalized spacial score (nSPS) is 11.6. The van der Waals surface area contributed by atoms with Gasteiger partial charge in [-0.05, 0) is 66.9 Å². The van der Waals surface area contributed by atoms with Crippen molar-refractivity contribution in [3.05, 3.63) is 88.7 Å². The molecule has 2 heterocycles. The maximum atomic E-state index is 13.3. The number of aryl methyl sites for hydroxylation is 2. The minimum atomic E-state index is -4.46. The Kier molecular flexibility index (Phi) is 5.49. The molecule has 0 spiro atoms. The standard InChI is InChI=1S/C23H18F3N3OS/c1-14-10-15(2)20-19(11-14)28-22(31-20)29(13-16-4-3-9-27-12-16)21(30)17-5-7-18(8-6-17)23(24,25)26/h3-12H,13H2,1-2H3. The molecular formula is C23H18F3N3OS. The third-order valence-electron chi connectivity index (χ3n) is 4.81. The number of anilines is 1. The van der Waals surface area contributed by atoms with E-state index in [-0.39, 0.29) is 12.1 Å². The number of rotatable bonds is 4. The Morgan fingerprint density at radius 3 is 2.48 bits per heavy atom. The Bertz CT molecular complexity index is 1230. The van der Waals surface area contributed by atoms with Crippen molar-refractivity contribution >= 4 is 32.6 Å². The number of hydrogen-bond acceptors (Lipinski definition) is 4. The SMILES string of the molecule is Cc1cc(C)c2sc(N(Cc3cccnc3)C(=O)c3ccc(C(F)(F)F)cc3)nc2c1. The molecule has 0 saturated carbocycles. The van der Waals surface area contributed by atoms with E-state index in [0.717, 1.165) is 39.0 Å². The lowest BCUT2D eigenvalue weighted by atomic mass is 10.1. The van der Waals surface area contributed by atoms with Gasteiger partial charge >= 0.3 is 6.18 Å². The molecule has 2 aromatic carbocycles. The summed E-state index contributed by atoms with van der Waals surface area (Å²) in [7, 11) is 0. The van der Waals surface area contributed by atoms with Gasteiger partial charge in [-0.3, -0.25) is 14.7 Å². The van der Waals surface area contributed by atoms with Gasteiger partial charge in [-0.15, -0.1) is 0 Å². The average Bonchev–Trinajstić information content (AvgIpc) is 3.16. The molecule has 4 aromatic rings. The second kappa shape index (κ2) is 8.11. The third kappa shape index (κ3) is 4.44. The number of carbonyl (C=O) groups excluding carboxylic acids is 1. The molecule has 0 saturated heterocycles. The number of alkyl halides is 3. The van der Waals surface area contributed by atoms with E-state index < -0.39 is 17.6 Å². The van der Waals surface area contributed by atoms with Crippen LogP contribution in [-0.4, -0.2) is 15.9 Å². The number of fused-ring (bicyclic) bond motifs is 1. The number of hydrogen-bond donors (Lipinski definition) is 0. The summed E-state index contributed by atoms with van der Waals surface area (Å²) in [6.07, 6.45) is -1.18. The van der Waals surface area contributed by atoms with Crippen LogP contribution in [0.2, 0.25) is 0 Å². The van der Waals surface area contributed by atoms with Crippen LogP contribution in [0.5, 0.6) is 0 Å². The molecule has 31 heavy (non-hydrogen) atoms. The molecule has 0 radical (unpaired) electrons. The van der Waals surface area contributed by atoms with Gasteiger partial charge < -0.3 is 0 Å². The van der Waals surface area contributed by atoms with Crippen LogP contribution >= 0.6 is 11.3 Å². The molecule has 0 N–H and O–H groups in total. The van der Waals surface area contributed by atoms with Crippen LogP contribution in [-0.2, 0) is 12.7 Å². The molecule has 158 valence electrons. The van der Waals surface area contributed by atoms with Gasteiger partial charge in [-0.25, -0.2) is 4.98 Å². The minimum Gasteiger partial charge on any atom is -0.279 e. The van der Waals surface area contributed by atoms with Crippen LogP contribution in [0.4, 0.5) is 18.3 Å². The highest BCUT2D eigenvalue weighted by atomic mass is 32.1. The quantitative estimate of drug-likeness (QED) is 0.380. The lowest BCUT2D eigenvalue weighted by Crippen LogP contribution is -2.30. The van der Waals surface area contributed by atoms with Crippen LogP contribution in [0.3, 0.4) is 0 Å². The van der Waals surface area contributed by atoms with Crippen LogP contribution in [0.1, 0.15) is 32.6 Å². The molecule has 0 aliphatic carbocycles. The van der Waals surface area contributed by atoms with E-state index in [1.807, 2.05) is 32.0 Å². The largest absolute Gasteiger partial charge is 0.416 e. The van der Waals surface area contributed by atoms with Gasteiger partial charge in [-0.2, -0.15) is 13.2 Å². The van der Waals surface area contributed by atoms with E-state index in [1.54, 1.807) is 18.5 Å². The molecule has 0 atom stereocenters. The average molecular weight is 441 g/mol. The van der Waals surface area contributed by atoms with Gasteiger partial charge in [0.2, 0.25) is 0 Å².